The Hall–Kier alpha value is -2.25. The SMILES string of the molecule is CC#CC(CC(=O)O)c1ccc(OCc2ccc(C(C)Br)cc2)cc1. The second-order valence-corrected chi connectivity index (χ2v) is 7.13. The highest BCUT2D eigenvalue weighted by Gasteiger charge is 2.13. The predicted octanol–water partition coefficient (Wildman–Crippen LogP) is 5.30. The van der Waals surface area contributed by atoms with Crippen molar-refractivity contribution in [2.75, 3.05) is 0 Å². The Balaban J connectivity index is 1.99. The first-order valence-corrected chi connectivity index (χ1v) is 9.01. The van der Waals surface area contributed by atoms with E-state index in [1.165, 1.54) is 5.56 Å². The number of carbonyl (C=O) groups is 1. The molecular weight excluding hydrogens is 380 g/mol. The average Bonchev–Trinajstić information content (AvgIpc) is 2.60. The second kappa shape index (κ2) is 9.29. The Bertz CT molecular complexity index is 752. The lowest BCUT2D eigenvalue weighted by atomic mass is 9.96. The van der Waals surface area contributed by atoms with Crippen molar-refractivity contribution in [1.29, 1.82) is 0 Å². The maximum absolute atomic E-state index is 11.0. The summed E-state index contributed by atoms with van der Waals surface area (Å²) < 4.78 is 5.80. The van der Waals surface area contributed by atoms with Crippen molar-refractivity contribution in [2.24, 2.45) is 0 Å². The molecule has 2 aromatic rings. The van der Waals surface area contributed by atoms with E-state index in [9.17, 15) is 4.79 Å². The van der Waals surface area contributed by atoms with E-state index in [1.807, 2.05) is 24.3 Å². The first-order chi connectivity index (χ1) is 12.0. The van der Waals surface area contributed by atoms with Gasteiger partial charge in [0.2, 0.25) is 0 Å². The van der Waals surface area contributed by atoms with Gasteiger partial charge >= 0.3 is 5.97 Å². The molecule has 4 heteroatoms. The van der Waals surface area contributed by atoms with Gasteiger partial charge in [-0.1, -0.05) is 58.2 Å². The number of benzene rings is 2. The fourth-order valence-electron chi connectivity index (χ4n) is 2.44. The molecule has 0 saturated carbocycles. The zero-order chi connectivity index (χ0) is 18.2. The Labute approximate surface area is 157 Å². The fourth-order valence-corrected chi connectivity index (χ4v) is 2.75. The van der Waals surface area contributed by atoms with Gasteiger partial charge in [0.1, 0.15) is 12.4 Å². The standard InChI is InChI=1S/C21H21BrO3/c1-3-4-19(13-21(23)24)18-9-11-20(12-10-18)25-14-16-5-7-17(8-6-16)15(2)22/h5-12,15,19H,13-14H2,1-2H3,(H,23,24). The summed E-state index contributed by atoms with van der Waals surface area (Å²) in [5.74, 6) is 5.35. The topological polar surface area (TPSA) is 46.5 Å². The van der Waals surface area contributed by atoms with Gasteiger partial charge in [0.15, 0.2) is 0 Å². The third-order valence-corrected chi connectivity index (χ3v) is 4.35. The molecule has 0 aliphatic heterocycles. The number of aliphatic carboxylic acids is 1. The molecule has 0 saturated heterocycles. The molecule has 2 atom stereocenters. The third kappa shape index (κ3) is 5.95. The molecule has 0 fully saturated rings. The molecule has 0 spiro atoms. The van der Waals surface area contributed by atoms with Crippen molar-refractivity contribution in [2.45, 2.75) is 37.6 Å². The minimum absolute atomic E-state index is 0.000609. The highest BCUT2D eigenvalue weighted by Crippen LogP contribution is 2.24. The Morgan fingerprint density at radius 1 is 1.12 bits per heavy atom. The summed E-state index contributed by atoms with van der Waals surface area (Å²) >= 11 is 3.55. The lowest BCUT2D eigenvalue weighted by molar-refractivity contribution is -0.137. The largest absolute Gasteiger partial charge is 0.489 e. The van der Waals surface area contributed by atoms with Crippen molar-refractivity contribution in [1.82, 2.24) is 0 Å². The van der Waals surface area contributed by atoms with Crippen molar-refractivity contribution < 1.29 is 14.6 Å². The van der Waals surface area contributed by atoms with Crippen LogP contribution in [0.3, 0.4) is 0 Å². The minimum Gasteiger partial charge on any atom is -0.489 e. The fraction of sp³-hybridized carbons (Fsp3) is 0.286. The van der Waals surface area contributed by atoms with E-state index in [2.05, 4.69) is 59.0 Å². The van der Waals surface area contributed by atoms with Crippen LogP contribution >= 0.6 is 15.9 Å². The van der Waals surface area contributed by atoms with Crippen molar-refractivity contribution in [3.63, 3.8) is 0 Å². The number of hydrogen-bond acceptors (Lipinski definition) is 2. The van der Waals surface area contributed by atoms with Crippen LogP contribution in [0.15, 0.2) is 48.5 Å². The van der Waals surface area contributed by atoms with Crippen molar-refractivity contribution in [3.05, 3.63) is 65.2 Å². The van der Waals surface area contributed by atoms with Crippen LogP contribution in [-0.4, -0.2) is 11.1 Å². The number of ether oxygens (including phenoxy) is 1. The maximum atomic E-state index is 11.0. The van der Waals surface area contributed by atoms with E-state index in [1.54, 1.807) is 6.92 Å². The summed E-state index contributed by atoms with van der Waals surface area (Å²) in [5, 5.41) is 9.00. The molecule has 0 radical (unpaired) electrons. The van der Waals surface area contributed by atoms with Gasteiger partial charge < -0.3 is 9.84 Å². The van der Waals surface area contributed by atoms with Gasteiger partial charge in [-0.15, -0.1) is 5.92 Å². The minimum atomic E-state index is -0.852. The van der Waals surface area contributed by atoms with E-state index in [0.717, 1.165) is 16.9 Å². The summed E-state index contributed by atoms with van der Waals surface area (Å²) in [6.07, 6.45) is -0.000609. The zero-order valence-electron chi connectivity index (χ0n) is 14.3. The summed E-state index contributed by atoms with van der Waals surface area (Å²) in [5.41, 5.74) is 3.22. The monoisotopic (exact) mass is 400 g/mol. The van der Waals surface area contributed by atoms with E-state index >= 15 is 0 Å². The maximum Gasteiger partial charge on any atom is 0.304 e. The first-order valence-electron chi connectivity index (χ1n) is 8.09. The summed E-state index contributed by atoms with van der Waals surface area (Å²) in [7, 11) is 0. The van der Waals surface area contributed by atoms with Gasteiger partial charge in [-0.05, 0) is 42.7 Å². The summed E-state index contributed by atoms with van der Waals surface area (Å²) in [4.78, 5) is 11.3. The second-order valence-electron chi connectivity index (χ2n) is 5.76. The summed E-state index contributed by atoms with van der Waals surface area (Å²) in [6, 6.07) is 15.8. The highest BCUT2D eigenvalue weighted by atomic mass is 79.9. The molecule has 2 unspecified atom stereocenters. The van der Waals surface area contributed by atoms with Crippen LogP contribution < -0.4 is 4.74 Å². The molecule has 3 nitrogen and oxygen atoms in total. The molecule has 1 N–H and O–H groups in total. The Morgan fingerprint density at radius 2 is 1.72 bits per heavy atom. The molecule has 0 heterocycles. The van der Waals surface area contributed by atoms with Gasteiger partial charge in [0, 0.05) is 4.83 Å². The van der Waals surface area contributed by atoms with Crippen LogP contribution in [0, 0.1) is 11.8 Å². The van der Waals surface area contributed by atoms with Crippen LogP contribution in [0.25, 0.3) is 0 Å². The zero-order valence-corrected chi connectivity index (χ0v) is 15.9. The van der Waals surface area contributed by atoms with Crippen LogP contribution in [0.4, 0.5) is 0 Å². The molecular formula is C21H21BrO3. The van der Waals surface area contributed by atoms with Crippen LogP contribution in [-0.2, 0) is 11.4 Å². The Morgan fingerprint density at radius 3 is 2.24 bits per heavy atom. The number of halogens is 1. The van der Waals surface area contributed by atoms with E-state index < -0.39 is 5.97 Å². The number of carboxylic acids is 1. The average molecular weight is 401 g/mol. The van der Waals surface area contributed by atoms with Gasteiger partial charge in [-0.25, -0.2) is 0 Å². The van der Waals surface area contributed by atoms with Gasteiger partial charge in [0.05, 0.1) is 12.3 Å². The summed E-state index contributed by atoms with van der Waals surface area (Å²) in [6.45, 7) is 4.30. The molecule has 2 aromatic carbocycles. The number of alkyl halides is 1. The molecule has 130 valence electrons. The normalized spacial score (nSPS) is 12.6. The predicted molar refractivity (Wildman–Crippen MR) is 103 cm³/mol. The number of hydrogen-bond donors (Lipinski definition) is 1. The van der Waals surface area contributed by atoms with Crippen LogP contribution in [0.5, 0.6) is 5.75 Å². The molecule has 0 bridgehead atoms. The Kier molecular flexibility index (Phi) is 7.09. The molecule has 25 heavy (non-hydrogen) atoms. The van der Waals surface area contributed by atoms with E-state index in [-0.39, 0.29) is 12.3 Å². The smallest absolute Gasteiger partial charge is 0.304 e. The first kappa shape index (κ1) is 19.1. The molecule has 0 amide bonds. The lowest BCUT2D eigenvalue weighted by Gasteiger charge is -2.11. The van der Waals surface area contributed by atoms with Gasteiger partial charge in [-0.3, -0.25) is 4.79 Å². The third-order valence-electron chi connectivity index (χ3n) is 3.82. The van der Waals surface area contributed by atoms with Crippen molar-refractivity contribution in [3.8, 4) is 17.6 Å². The molecule has 0 aliphatic rings. The lowest BCUT2D eigenvalue weighted by Crippen LogP contribution is -2.04. The van der Waals surface area contributed by atoms with E-state index in [0.29, 0.717) is 11.4 Å². The van der Waals surface area contributed by atoms with Gasteiger partial charge in [-0.2, -0.15) is 0 Å². The van der Waals surface area contributed by atoms with Crippen LogP contribution in [0.1, 0.15) is 47.7 Å². The quantitative estimate of drug-likeness (QED) is 0.506. The molecule has 2 rings (SSSR count). The van der Waals surface area contributed by atoms with Crippen LogP contribution in [0.2, 0.25) is 0 Å². The molecule has 0 aromatic heterocycles. The molecule has 0 aliphatic carbocycles. The van der Waals surface area contributed by atoms with Crippen molar-refractivity contribution >= 4 is 21.9 Å². The number of carboxylic acid groups (broad SMARTS) is 1. The number of rotatable bonds is 7. The van der Waals surface area contributed by atoms with E-state index in [4.69, 9.17) is 9.84 Å². The highest BCUT2D eigenvalue weighted by molar-refractivity contribution is 9.09. The van der Waals surface area contributed by atoms with Gasteiger partial charge in [0.25, 0.3) is 0 Å².